The maximum atomic E-state index is 11.9. The van der Waals surface area contributed by atoms with Crippen LogP contribution in [0.4, 0.5) is 0 Å². The Morgan fingerprint density at radius 1 is 1.00 bits per heavy atom. The Morgan fingerprint density at radius 2 is 1.70 bits per heavy atom. The van der Waals surface area contributed by atoms with Crippen LogP contribution in [0.3, 0.4) is 0 Å². The number of carboxylic acids is 1. The zero-order valence-corrected chi connectivity index (χ0v) is 14.1. The number of carbonyl (C=O) groups is 1. The van der Waals surface area contributed by atoms with Gasteiger partial charge in [-0.3, -0.25) is 4.79 Å². The van der Waals surface area contributed by atoms with E-state index in [4.69, 9.17) is 5.11 Å². The topological polar surface area (TPSA) is 119 Å². The van der Waals surface area contributed by atoms with Crippen LogP contribution in [0.1, 0.15) is 21.9 Å². The molecule has 0 atom stereocenters. The summed E-state index contributed by atoms with van der Waals surface area (Å²) in [5, 5.41) is 19.7. The van der Waals surface area contributed by atoms with Gasteiger partial charge in [-0.25, -0.2) is 9.78 Å². The molecule has 0 aliphatic heterocycles. The molecule has 0 fully saturated rings. The van der Waals surface area contributed by atoms with E-state index < -0.39 is 23.0 Å². The predicted molar refractivity (Wildman–Crippen MR) is 100 cm³/mol. The number of aromatic amines is 2. The summed E-state index contributed by atoms with van der Waals surface area (Å²) in [7, 11) is 0. The van der Waals surface area contributed by atoms with Gasteiger partial charge < -0.3 is 20.2 Å². The van der Waals surface area contributed by atoms with Crippen molar-refractivity contribution in [3.05, 3.63) is 82.0 Å². The Hall–Kier alpha value is -3.87. The third-order valence-corrected chi connectivity index (χ3v) is 4.37. The second kappa shape index (κ2) is 6.45. The van der Waals surface area contributed by atoms with Crippen LogP contribution in [0.15, 0.2) is 59.4 Å². The standard InChI is InChI=1S/C20H15N3O4/c24-18-17(20(26)27)22-15(23-19(18)25)10-13-12-8-4-5-9-14(12)21-16(13)11-6-2-1-3-7-11/h1-9,21,24H,10H2,(H,26,27)(H,22,23,25). The smallest absolute Gasteiger partial charge is 0.358 e. The molecule has 2 aromatic carbocycles. The highest BCUT2D eigenvalue weighted by Gasteiger charge is 2.19. The lowest BCUT2D eigenvalue weighted by molar-refractivity contribution is 0.0686. The predicted octanol–water partition coefficient (Wildman–Crippen LogP) is 2.91. The van der Waals surface area contributed by atoms with E-state index in [0.717, 1.165) is 27.7 Å². The van der Waals surface area contributed by atoms with E-state index >= 15 is 0 Å². The monoisotopic (exact) mass is 361 g/mol. The fourth-order valence-electron chi connectivity index (χ4n) is 3.15. The first kappa shape index (κ1) is 16.6. The number of aromatic hydroxyl groups is 1. The minimum absolute atomic E-state index is 0.164. The lowest BCUT2D eigenvalue weighted by Crippen LogP contribution is -2.17. The fraction of sp³-hybridized carbons (Fsp3) is 0.0500. The lowest BCUT2D eigenvalue weighted by Gasteiger charge is -2.07. The van der Waals surface area contributed by atoms with Gasteiger partial charge >= 0.3 is 5.97 Å². The molecule has 0 unspecified atom stereocenters. The van der Waals surface area contributed by atoms with Gasteiger partial charge in [-0.1, -0.05) is 48.5 Å². The van der Waals surface area contributed by atoms with Gasteiger partial charge in [-0.15, -0.1) is 0 Å². The second-order valence-corrected chi connectivity index (χ2v) is 6.08. The third-order valence-electron chi connectivity index (χ3n) is 4.37. The fourth-order valence-corrected chi connectivity index (χ4v) is 3.15. The number of rotatable bonds is 4. The summed E-state index contributed by atoms with van der Waals surface area (Å²) in [6.45, 7) is 0. The van der Waals surface area contributed by atoms with Gasteiger partial charge in [0.2, 0.25) is 5.75 Å². The highest BCUT2D eigenvalue weighted by atomic mass is 16.4. The molecular formula is C20H15N3O4. The normalized spacial score (nSPS) is 11.0. The van der Waals surface area contributed by atoms with Crippen molar-refractivity contribution >= 4 is 16.9 Å². The van der Waals surface area contributed by atoms with E-state index in [2.05, 4.69) is 15.0 Å². The first-order chi connectivity index (χ1) is 13.0. The number of carboxylic acid groups (broad SMARTS) is 1. The number of nitrogens with one attached hydrogen (secondary N) is 2. The molecule has 4 rings (SSSR count). The first-order valence-electron chi connectivity index (χ1n) is 8.25. The SMILES string of the molecule is O=C(O)c1nc(Cc2c(-c3ccccc3)[nH]c3ccccc23)[nH]c(=O)c1O. The van der Waals surface area contributed by atoms with Crippen molar-refractivity contribution in [2.75, 3.05) is 0 Å². The molecule has 7 nitrogen and oxygen atoms in total. The minimum atomic E-state index is -1.46. The van der Waals surface area contributed by atoms with Crippen molar-refractivity contribution in [3.63, 3.8) is 0 Å². The van der Waals surface area contributed by atoms with Gasteiger partial charge in [0.05, 0.1) is 5.69 Å². The van der Waals surface area contributed by atoms with E-state index in [1.165, 1.54) is 0 Å². The number of aromatic carboxylic acids is 1. The number of fused-ring (bicyclic) bond motifs is 1. The molecule has 0 spiro atoms. The minimum Gasteiger partial charge on any atom is -0.501 e. The van der Waals surface area contributed by atoms with Crippen LogP contribution < -0.4 is 5.56 Å². The zero-order valence-electron chi connectivity index (χ0n) is 14.1. The highest BCUT2D eigenvalue weighted by Crippen LogP contribution is 2.31. The summed E-state index contributed by atoms with van der Waals surface area (Å²) in [5.41, 5.74) is 2.09. The molecule has 0 aliphatic rings. The number of benzene rings is 2. The number of nitrogens with zero attached hydrogens (tertiary/aromatic N) is 1. The van der Waals surface area contributed by atoms with Crippen molar-refractivity contribution in [2.45, 2.75) is 6.42 Å². The van der Waals surface area contributed by atoms with Gasteiger partial charge in [0.25, 0.3) is 5.56 Å². The van der Waals surface area contributed by atoms with Gasteiger partial charge in [0.15, 0.2) is 5.69 Å². The molecule has 0 radical (unpaired) electrons. The van der Waals surface area contributed by atoms with E-state index in [1.54, 1.807) is 0 Å². The molecule has 27 heavy (non-hydrogen) atoms. The van der Waals surface area contributed by atoms with Crippen LogP contribution in [-0.4, -0.2) is 31.1 Å². The number of para-hydroxylation sites is 1. The second-order valence-electron chi connectivity index (χ2n) is 6.08. The summed E-state index contributed by atoms with van der Waals surface area (Å²) in [6, 6.07) is 17.4. The zero-order chi connectivity index (χ0) is 19.0. The average Bonchev–Trinajstić information content (AvgIpc) is 3.03. The number of aromatic nitrogens is 3. The largest absolute Gasteiger partial charge is 0.501 e. The lowest BCUT2D eigenvalue weighted by atomic mass is 10.0. The van der Waals surface area contributed by atoms with Crippen LogP contribution in [-0.2, 0) is 6.42 Å². The van der Waals surface area contributed by atoms with Gasteiger partial charge in [0, 0.05) is 17.3 Å². The van der Waals surface area contributed by atoms with Crippen molar-refractivity contribution in [1.29, 1.82) is 0 Å². The Labute approximate surface area is 153 Å². The van der Waals surface area contributed by atoms with E-state index in [1.807, 2.05) is 54.6 Å². The van der Waals surface area contributed by atoms with Crippen LogP contribution >= 0.6 is 0 Å². The molecule has 0 aliphatic carbocycles. The molecule has 0 amide bonds. The van der Waals surface area contributed by atoms with Crippen LogP contribution in [0.25, 0.3) is 22.2 Å². The molecule has 2 aromatic heterocycles. The number of hydrogen-bond donors (Lipinski definition) is 4. The Balaban J connectivity index is 1.90. The molecule has 134 valence electrons. The van der Waals surface area contributed by atoms with Crippen LogP contribution in [0.2, 0.25) is 0 Å². The molecular weight excluding hydrogens is 346 g/mol. The van der Waals surface area contributed by atoms with Crippen molar-refractivity contribution < 1.29 is 15.0 Å². The van der Waals surface area contributed by atoms with E-state index in [9.17, 15) is 14.7 Å². The van der Waals surface area contributed by atoms with Crippen molar-refractivity contribution in [3.8, 4) is 17.0 Å². The van der Waals surface area contributed by atoms with Gasteiger partial charge in [-0.05, 0) is 17.2 Å². The summed E-state index contributed by atoms with van der Waals surface area (Å²) in [5.74, 6) is -2.19. The van der Waals surface area contributed by atoms with E-state index in [-0.39, 0.29) is 12.2 Å². The summed E-state index contributed by atoms with van der Waals surface area (Å²) in [4.78, 5) is 32.9. The number of H-pyrrole nitrogens is 2. The van der Waals surface area contributed by atoms with E-state index in [0.29, 0.717) is 0 Å². The average molecular weight is 361 g/mol. The third kappa shape index (κ3) is 2.95. The first-order valence-corrected chi connectivity index (χ1v) is 8.25. The summed E-state index contributed by atoms with van der Waals surface area (Å²) >= 11 is 0. The summed E-state index contributed by atoms with van der Waals surface area (Å²) in [6.07, 6.45) is 0.198. The van der Waals surface area contributed by atoms with Crippen LogP contribution in [0.5, 0.6) is 5.75 Å². The Morgan fingerprint density at radius 3 is 2.44 bits per heavy atom. The molecule has 4 N–H and O–H groups in total. The molecule has 0 saturated carbocycles. The maximum absolute atomic E-state index is 11.9. The van der Waals surface area contributed by atoms with Crippen LogP contribution in [0, 0.1) is 0 Å². The molecule has 4 aromatic rings. The Kier molecular flexibility index (Phi) is 3.97. The summed E-state index contributed by atoms with van der Waals surface area (Å²) < 4.78 is 0. The molecule has 7 heteroatoms. The van der Waals surface area contributed by atoms with Gasteiger partial charge in [0.1, 0.15) is 5.82 Å². The number of hydrogen-bond acceptors (Lipinski definition) is 4. The quantitative estimate of drug-likeness (QED) is 0.446. The van der Waals surface area contributed by atoms with Gasteiger partial charge in [-0.2, -0.15) is 0 Å². The molecule has 0 saturated heterocycles. The maximum Gasteiger partial charge on any atom is 0.358 e. The van der Waals surface area contributed by atoms with Crippen molar-refractivity contribution in [1.82, 2.24) is 15.0 Å². The van der Waals surface area contributed by atoms with Crippen molar-refractivity contribution in [2.24, 2.45) is 0 Å². The molecule has 0 bridgehead atoms. The molecule has 2 heterocycles. The highest BCUT2D eigenvalue weighted by molar-refractivity contribution is 5.91. The Bertz CT molecular complexity index is 1210.